The highest BCUT2D eigenvalue weighted by atomic mass is 32.1. The summed E-state index contributed by atoms with van der Waals surface area (Å²) in [6.45, 7) is 5.50. The summed E-state index contributed by atoms with van der Waals surface area (Å²) in [7, 11) is 1.88. The molecule has 0 bridgehead atoms. The van der Waals surface area contributed by atoms with Crippen LogP contribution in [0.3, 0.4) is 0 Å². The number of rotatable bonds is 6. The van der Waals surface area contributed by atoms with Gasteiger partial charge in [0.1, 0.15) is 0 Å². The van der Waals surface area contributed by atoms with Crippen molar-refractivity contribution >= 4 is 11.3 Å². The lowest BCUT2D eigenvalue weighted by Crippen LogP contribution is -2.43. The van der Waals surface area contributed by atoms with E-state index < -0.39 is 0 Å². The fraction of sp³-hybridized carbons (Fsp3) is 0.733. The Morgan fingerprint density at radius 1 is 1.44 bits per heavy atom. The first-order valence-corrected chi connectivity index (χ1v) is 7.94. The second-order valence-electron chi connectivity index (χ2n) is 5.33. The average Bonchev–Trinajstić information content (AvgIpc) is 3.01. The molecule has 0 aliphatic heterocycles. The second kappa shape index (κ2) is 6.18. The molecule has 18 heavy (non-hydrogen) atoms. The van der Waals surface area contributed by atoms with Gasteiger partial charge < -0.3 is 10.1 Å². The maximum Gasteiger partial charge on any atom is 0.0880 e. The molecule has 1 atom stereocenters. The van der Waals surface area contributed by atoms with Crippen molar-refractivity contribution in [3.05, 3.63) is 21.9 Å². The largest absolute Gasteiger partial charge is 0.376 e. The van der Waals surface area contributed by atoms with Gasteiger partial charge in [0.05, 0.1) is 11.6 Å². The SMILES string of the molecule is CCCNC(c1sccc1C)C1(OC)CCCC1. The number of aryl methyl sites for hydroxylation is 1. The summed E-state index contributed by atoms with van der Waals surface area (Å²) in [6, 6.07) is 2.59. The van der Waals surface area contributed by atoms with E-state index in [2.05, 4.69) is 30.6 Å². The minimum Gasteiger partial charge on any atom is -0.376 e. The van der Waals surface area contributed by atoms with E-state index in [0.717, 1.165) is 6.54 Å². The molecule has 1 aromatic rings. The quantitative estimate of drug-likeness (QED) is 0.839. The van der Waals surface area contributed by atoms with Crippen molar-refractivity contribution in [3.63, 3.8) is 0 Å². The number of hydrogen-bond donors (Lipinski definition) is 1. The predicted octanol–water partition coefficient (Wildman–Crippen LogP) is 4.06. The van der Waals surface area contributed by atoms with Crippen LogP contribution in [0, 0.1) is 6.92 Å². The van der Waals surface area contributed by atoms with Crippen molar-refractivity contribution in [2.24, 2.45) is 0 Å². The highest BCUT2D eigenvalue weighted by Gasteiger charge is 2.43. The molecule has 1 N–H and O–H groups in total. The van der Waals surface area contributed by atoms with Crippen LogP contribution >= 0.6 is 11.3 Å². The zero-order valence-electron chi connectivity index (χ0n) is 11.8. The molecule has 0 saturated heterocycles. The van der Waals surface area contributed by atoms with Crippen LogP contribution in [0.5, 0.6) is 0 Å². The molecule has 102 valence electrons. The zero-order chi connectivity index (χ0) is 13.0. The van der Waals surface area contributed by atoms with Crippen LogP contribution in [0.1, 0.15) is 55.5 Å². The Kier molecular flexibility index (Phi) is 4.82. The Bertz CT molecular complexity index is 368. The molecule has 1 aliphatic rings. The molecule has 0 aromatic carbocycles. The Morgan fingerprint density at radius 2 is 2.17 bits per heavy atom. The van der Waals surface area contributed by atoms with Gasteiger partial charge in [-0.2, -0.15) is 0 Å². The van der Waals surface area contributed by atoms with Gasteiger partial charge in [0.15, 0.2) is 0 Å². The van der Waals surface area contributed by atoms with E-state index in [0.29, 0.717) is 6.04 Å². The Labute approximate surface area is 115 Å². The third-order valence-electron chi connectivity index (χ3n) is 4.14. The topological polar surface area (TPSA) is 21.3 Å². The third-order valence-corrected chi connectivity index (χ3v) is 5.23. The molecule has 1 fully saturated rings. The molecule has 1 heterocycles. The average molecular weight is 267 g/mol. The first-order valence-electron chi connectivity index (χ1n) is 7.06. The molecule has 3 heteroatoms. The molecular weight excluding hydrogens is 242 g/mol. The summed E-state index contributed by atoms with van der Waals surface area (Å²) in [5.74, 6) is 0. The molecule has 0 amide bonds. The Balaban J connectivity index is 2.26. The number of thiophene rings is 1. The highest BCUT2D eigenvalue weighted by Crippen LogP contribution is 2.44. The van der Waals surface area contributed by atoms with E-state index in [1.54, 1.807) is 0 Å². The van der Waals surface area contributed by atoms with E-state index in [-0.39, 0.29) is 5.60 Å². The predicted molar refractivity (Wildman–Crippen MR) is 78.3 cm³/mol. The van der Waals surface area contributed by atoms with Crippen molar-refractivity contribution in [2.45, 2.75) is 57.6 Å². The first kappa shape index (κ1) is 14.0. The molecule has 1 saturated carbocycles. The van der Waals surface area contributed by atoms with Crippen LogP contribution in [0.15, 0.2) is 11.4 Å². The van der Waals surface area contributed by atoms with E-state index in [1.807, 2.05) is 18.4 Å². The van der Waals surface area contributed by atoms with E-state index in [9.17, 15) is 0 Å². The van der Waals surface area contributed by atoms with Crippen LogP contribution in [-0.2, 0) is 4.74 Å². The molecule has 2 rings (SSSR count). The van der Waals surface area contributed by atoms with Gasteiger partial charge in [0.2, 0.25) is 0 Å². The van der Waals surface area contributed by atoms with Gasteiger partial charge in [0, 0.05) is 12.0 Å². The Morgan fingerprint density at radius 3 is 2.67 bits per heavy atom. The summed E-state index contributed by atoms with van der Waals surface area (Å²) in [5, 5.41) is 5.93. The summed E-state index contributed by atoms with van der Waals surface area (Å²) in [5.41, 5.74) is 1.42. The third kappa shape index (κ3) is 2.63. The van der Waals surface area contributed by atoms with Gasteiger partial charge in [0.25, 0.3) is 0 Å². The molecule has 1 unspecified atom stereocenters. The molecule has 0 radical (unpaired) electrons. The van der Waals surface area contributed by atoms with Crippen LogP contribution < -0.4 is 5.32 Å². The van der Waals surface area contributed by atoms with Crippen molar-refractivity contribution in [3.8, 4) is 0 Å². The molecular formula is C15H25NOS. The molecule has 2 nitrogen and oxygen atoms in total. The Hall–Kier alpha value is -0.380. The van der Waals surface area contributed by atoms with Crippen LogP contribution in [0.4, 0.5) is 0 Å². The monoisotopic (exact) mass is 267 g/mol. The molecule has 1 aromatic heterocycles. The van der Waals surface area contributed by atoms with Gasteiger partial charge in [-0.1, -0.05) is 19.8 Å². The minimum atomic E-state index is 0.0186. The lowest BCUT2D eigenvalue weighted by atomic mass is 9.89. The maximum atomic E-state index is 5.98. The number of methoxy groups -OCH3 is 1. The highest BCUT2D eigenvalue weighted by molar-refractivity contribution is 7.10. The first-order chi connectivity index (χ1) is 8.73. The second-order valence-corrected chi connectivity index (χ2v) is 6.28. The summed E-state index contributed by atoms with van der Waals surface area (Å²) in [4.78, 5) is 1.47. The van der Waals surface area contributed by atoms with Crippen molar-refractivity contribution in [1.82, 2.24) is 5.32 Å². The summed E-state index contributed by atoms with van der Waals surface area (Å²) >= 11 is 1.87. The molecule has 1 aliphatic carbocycles. The number of hydrogen-bond acceptors (Lipinski definition) is 3. The minimum absolute atomic E-state index is 0.0186. The lowest BCUT2D eigenvalue weighted by molar-refractivity contribution is -0.0359. The van der Waals surface area contributed by atoms with E-state index in [1.165, 1.54) is 42.5 Å². The fourth-order valence-electron chi connectivity index (χ4n) is 3.07. The number of ether oxygens (including phenoxy) is 1. The van der Waals surface area contributed by atoms with Gasteiger partial charge in [-0.25, -0.2) is 0 Å². The number of nitrogens with one attached hydrogen (secondary N) is 1. The maximum absolute atomic E-state index is 5.98. The van der Waals surface area contributed by atoms with Crippen LogP contribution in [0.2, 0.25) is 0 Å². The standard InChI is InChI=1S/C15H25NOS/c1-4-10-16-14(13-12(2)7-11-18-13)15(17-3)8-5-6-9-15/h7,11,14,16H,4-6,8-10H2,1-3H3. The normalized spacial score (nSPS) is 20.2. The fourth-order valence-corrected chi connectivity index (χ4v) is 4.18. The van der Waals surface area contributed by atoms with Gasteiger partial charge in [-0.3, -0.25) is 0 Å². The summed E-state index contributed by atoms with van der Waals surface area (Å²) in [6.07, 6.45) is 6.12. The van der Waals surface area contributed by atoms with Gasteiger partial charge in [-0.15, -0.1) is 11.3 Å². The summed E-state index contributed by atoms with van der Waals surface area (Å²) < 4.78 is 5.98. The van der Waals surface area contributed by atoms with Gasteiger partial charge >= 0.3 is 0 Å². The van der Waals surface area contributed by atoms with Crippen molar-refractivity contribution in [1.29, 1.82) is 0 Å². The smallest absolute Gasteiger partial charge is 0.0880 e. The van der Waals surface area contributed by atoms with Crippen LogP contribution in [0.25, 0.3) is 0 Å². The molecule has 0 spiro atoms. The van der Waals surface area contributed by atoms with E-state index >= 15 is 0 Å². The van der Waals surface area contributed by atoms with E-state index in [4.69, 9.17) is 4.74 Å². The van der Waals surface area contributed by atoms with Crippen LogP contribution in [-0.4, -0.2) is 19.3 Å². The zero-order valence-corrected chi connectivity index (χ0v) is 12.6. The van der Waals surface area contributed by atoms with Gasteiger partial charge in [-0.05, 0) is 49.7 Å². The van der Waals surface area contributed by atoms with Crippen molar-refractivity contribution < 1.29 is 4.74 Å². The lowest BCUT2D eigenvalue weighted by Gasteiger charge is -2.37. The van der Waals surface area contributed by atoms with Crippen molar-refractivity contribution in [2.75, 3.05) is 13.7 Å².